The van der Waals surface area contributed by atoms with Crippen LogP contribution in [0.1, 0.15) is 24.0 Å². The van der Waals surface area contributed by atoms with Gasteiger partial charge in [0.2, 0.25) is 10.0 Å². The maximum atomic E-state index is 13.2. The fraction of sp³-hybridized carbons (Fsp3) is 0.400. The van der Waals surface area contributed by atoms with E-state index in [0.717, 1.165) is 31.5 Å². The first-order chi connectivity index (χ1) is 12.4. The lowest BCUT2D eigenvalue weighted by molar-refractivity contribution is 0.148. The highest BCUT2D eigenvalue weighted by Crippen LogP contribution is 2.42. The molecule has 4 nitrogen and oxygen atoms in total. The Kier molecular flexibility index (Phi) is 4.37. The number of nitrogens with zero attached hydrogens (tertiary/aromatic N) is 2. The van der Waals surface area contributed by atoms with Crippen molar-refractivity contribution in [3.8, 4) is 0 Å². The van der Waals surface area contributed by atoms with Crippen molar-refractivity contribution in [1.29, 1.82) is 0 Å². The van der Waals surface area contributed by atoms with Gasteiger partial charge in [0, 0.05) is 18.5 Å². The molecular weight excluding hydrogens is 351 g/mol. The fourth-order valence-electron chi connectivity index (χ4n) is 4.24. The molecule has 2 aromatic carbocycles. The number of hydrogen-bond donors (Lipinski definition) is 0. The molecule has 2 aromatic rings. The Bertz CT molecular complexity index is 904. The number of piperidine rings is 1. The van der Waals surface area contributed by atoms with Gasteiger partial charge in [-0.05, 0) is 68.4 Å². The van der Waals surface area contributed by atoms with Gasteiger partial charge in [-0.3, -0.25) is 0 Å². The van der Waals surface area contributed by atoms with Gasteiger partial charge in [-0.15, -0.1) is 0 Å². The third kappa shape index (κ3) is 2.96. The van der Waals surface area contributed by atoms with Gasteiger partial charge < -0.3 is 4.90 Å². The summed E-state index contributed by atoms with van der Waals surface area (Å²) in [5.41, 5.74) is 2.22. The summed E-state index contributed by atoms with van der Waals surface area (Å²) in [5, 5.41) is 0. The first kappa shape index (κ1) is 17.6. The summed E-state index contributed by atoms with van der Waals surface area (Å²) in [6, 6.07) is 13.3. The first-order valence-corrected chi connectivity index (χ1v) is 10.4. The number of benzene rings is 2. The Morgan fingerprint density at radius 2 is 1.65 bits per heavy atom. The molecule has 2 heterocycles. The number of hydrogen-bond acceptors (Lipinski definition) is 3. The van der Waals surface area contributed by atoms with Crippen molar-refractivity contribution in [1.82, 2.24) is 9.21 Å². The van der Waals surface area contributed by atoms with Crippen LogP contribution in [-0.4, -0.2) is 44.3 Å². The van der Waals surface area contributed by atoms with Crippen molar-refractivity contribution < 1.29 is 12.8 Å². The topological polar surface area (TPSA) is 40.6 Å². The lowest BCUT2D eigenvalue weighted by atomic mass is 9.69. The summed E-state index contributed by atoms with van der Waals surface area (Å²) in [5.74, 6) is -0.431. The van der Waals surface area contributed by atoms with Crippen molar-refractivity contribution >= 4 is 10.0 Å². The maximum Gasteiger partial charge on any atom is 0.243 e. The third-order valence-electron chi connectivity index (χ3n) is 5.81. The van der Waals surface area contributed by atoms with Gasteiger partial charge in [0.25, 0.3) is 0 Å². The Labute approximate surface area is 154 Å². The zero-order valence-corrected chi connectivity index (χ0v) is 15.7. The Hall–Kier alpha value is -1.76. The van der Waals surface area contributed by atoms with Crippen LogP contribution in [0.25, 0.3) is 0 Å². The van der Waals surface area contributed by atoms with Crippen LogP contribution in [0.3, 0.4) is 0 Å². The van der Waals surface area contributed by atoms with E-state index in [1.165, 1.54) is 29.8 Å². The molecule has 1 fully saturated rings. The van der Waals surface area contributed by atoms with E-state index in [0.29, 0.717) is 13.1 Å². The van der Waals surface area contributed by atoms with E-state index >= 15 is 0 Å². The molecule has 2 aliphatic heterocycles. The van der Waals surface area contributed by atoms with Crippen molar-refractivity contribution in [2.75, 3.05) is 26.7 Å². The average Bonchev–Trinajstić information content (AvgIpc) is 2.64. The van der Waals surface area contributed by atoms with Crippen LogP contribution in [0, 0.1) is 5.82 Å². The summed E-state index contributed by atoms with van der Waals surface area (Å²) in [6.45, 7) is 2.77. The summed E-state index contributed by atoms with van der Waals surface area (Å²) >= 11 is 0. The fourth-order valence-corrected chi connectivity index (χ4v) is 5.75. The van der Waals surface area contributed by atoms with Gasteiger partial charge in [0.15, 0.2) is 0 Å². The number of rotatable bonds is 2. The minimum atomic E-state index is -3.66. The van der Waals surface area contributed by atoms with Gasteiger partial charge in [-0.25, -0.2) is 12.8 Å². The summed E-state index contributed by atoms with van der Waals surface area (Å²) in [7, 11) is -1.55. The van der Waals surface area contributed by atoms with E-state index in [4.69, 9.17) is 0 Å². The first-order valence-electron chi connectivity index (χ1n) is 8.93. The standard InChI is InChI=1S/C20H23FN2O2S/c1-22-12-10-20(11-13-22)15-23(14-16-4-2-3-5-19(16)20)26(24,25)18-8-6-17(21)7-9-18/h2-9H,10-15H2,1H3. The molecule has 1 saturated heterocycles. The van der Waals surface area contributed by atoms with E-state index in [9.17, 15) is 12.8 Å². The molecule has 6 heteroatoms. The number of halogens is 1. The molecule has 0 bridgehead atoms. The number of fused-ring (bicyclic) bond motifs is 2. The molecule has 0 atom stereocenters. The zero-order valence-electron chi connectivity index (χ0n) is 14.9. The van der Waals surface area contributed by atoms with Crippen LogP contribution in [-0.2, 0) is 22.0 Å². The minimum absolute atomic E-state index is 0.144. The molecule has 0 saturated carbocycles. The monoisotopic (exact) mass is 374 g/mol. The van der Waals surface area contributed by atoms with Crippen LogP contribution >= 0.6 is 0 Å². The van der Waals surface area contributed by atoms with Crippen LogP contribution < -0.4 is 0 Å². The zero-order chi connectivity index (χ0) is 18.4. The predicted molar refractivity (Wildman–Crippen MR) is 98.8 cm³/mol. The lowest BCUT2D eigenvalue weighted by Crippen LogP contribution is -2.52. The van der Waals surface area contributed by atoms with E-state index in [2.05, 4.69) is 18.0 Å². The molecule has 4 rings (SSSR count). The van der Waals surface area contributed by atoms with Crippen LogP contribution in [0.5, 0.6) is 0 Å². The molecule has 138 valence electrons. The van der Waals surface area contributed by atoms with Crippen molar-refractivity contribution in [3.05, 3.63) is 65.5 Å². The second-order valence-corrected chi connectivity index (χ2v) is 9.41. The smallest absolute Gasteiger partial charge is 0.243 e. The highest BCUT2D eigenvalue weighted by Gasteiger charge is 2.44. The molecule has 0 amide bonds. The normalized spacial score (nSPS) is 20.8. The Morgan fingerprint density at radius 3 is 2.35 bits per heavy atom. The van der Waals surface area contributed by atoms with Crippen LogP contribution in [0.2, 0.25) is 0 Å². The molecule has 0 aliphatic carbocycles. The SMILES string of the molecule is CN1CCC2(CC1)CN(S(=O)(=O)c1ccc(F)cc1)Cc1ccccc12. The molecule has 2 aliphatic rings. The van der Waals surface area contributed by atoms with E-state index in [1.807, 2.05) is 18.2 Å². The van der Waals surface area contributed by atoms with Gasteiger partial charge in [0.1, 0.15) is 5.82 Å². The third-order valence-corrected chi connectivity index (χ3v) is 7.62. The summed E-state index contributed by atoms with van der Waals surface area (Å²) in [4.78, 5) is 2.45. The highest BCUT2D eigenvalue weighted by atomic mass is 32.2. The highest BCUT2D eigenvalue weighted by molar-refractivity contribution is 7.89. The minimum Gasteiger partial charge on any atom is -0.306 e. The molecular formula is C20H23FN2O2S. The molecule has 0 unspecified atom stereocenters. The molecule has 0 aromatic heterocycles. The van der Waals surface area contributed by atoms with Crippen molar-refractivity contribution in [3.63, 3.8) is 0 Å². The largest absolute Gasteiger partial charge is 0.306 e. The summed E-state index contributed by atoms with van der Waals surface area (Å²) < 4.78 is 41.2. The molecule has 0 N–H and O–H groups in total. The van der Waals surface area contributed by atoms with Crippen molar-refractivity contribution in [2.24, 2.45) is 0 Å². The second kappa shape index (κ2) is 6.44. The van der Waals surface area contributed by atoms with Gasteiger partial charge >= 0.3 is 0 Å². The van der Waals surface area contributed by atoms with Crippen molar-refractivity contribution in [2.45, 2.75) is 29.7 Å². The maximum absolute atomic E-state index is 13.2. The van der Waals surface area contributed by atoms with Gasteiger partial charge in [-0.2, -0.15) is 4.31 Å². The lowest BCUT2D eigenvalue weighted by Gasteiger charge is -2.47. The van der Waals surface area contributed by atoms with E-state index in [1.54, 1.807) is 4.31 Å². The van der Waals surface area contributed by atoms with Crippen LogP contribution in [0.4, 0.5) is 4.39 Å². The summed E-state index contributed by atoms with van der Waals surface area (Å²) in [6.07, 6.45) is 1.88. The Morgan fingerprint density at radius 1 is 1.00 bits per heavy atom. The van der Waals surface area contributed by atoms with E-state index < -0.39 is 15.8 Å². The second-order valence-electron chi connectivity index (χ2n) is 7.47. The molecule has 1 spiro atoms. The van der Waals surface area contributed by atoms with E-state index in [-0.39, 0.29) is 10.3 Å². The molecule has 0 radical (unpaired) electrons. The Balaban J connectivity index is 1.74. The number of sulfonamides is 1. The van der Waals surface area contributed by atoms with Gasteiger partial charge in [-0.1, -0.05) is 24.3 Å². The van der Waals surface area contributed by atoms with Crippen LogP contribution in [0.15, 0.2) is 53.4 Å². The predicted octanol–water partition coefficient (Wildman–Crippen LogP) is 2.99. The average molecular weight is 374 g/mol. The quantitative estimate of drug-likeness (QED) is 0.811. The molecule has 26 heavy (non-hydrogen) atoms. The van der Waals surface area contributed by atoms with Gasteiger partial charge in [0.05, 0.1) is 4.90 Å². The number of likely N-dealkylation sites (tertiary alicyclic amines) is 1.